The fraction of sp³-hybridized carbons (Fsp3) is 0.0833. The van der Waals surface area contributed by atoms with Gasteiger partial charge in [0.25, 0.3) is 0 Å². The van der Waals surface area contributed by atoms with Crippen molar-refractivity contribution in [1.29, 1.82) is 0 Å². The van der Waals surface area contributed by atoms with Crippen LogP contribution < -0.4 is 11.1 Å². The average Bonchev–Trinajstić information content (AvgIpc) is 2.37. The van der Waals surface area contributed by atoms with Gasteiger partial charge in [-0.05, 0) is 40.2 Å². The molecule has 0 saturated heterocycles. The molecule has 1 aromatic heterocycles. The van der Waals surface area contributed by atoms with Crippen molar-refractivity contribution in [3.05, 3.63) is 44.3 Å². The summed E-state index contributed by atoms with van der Waals surface area (Å²) in [6.07, 6.45) is -4.45. The summed E-state index contributed by atoms with van der Waals surface area (Å²) in [5.41, 5.74) is 4.90. The Kier molecular flexibility index (Phi) is 4.55. The number of pyridine rings is 1. The Morgan fingerprint density at radius 1 is 1.14 bits per heavy atom. The molecule has 0 aliphatic rings. The molecule has 0 atom stereocenters. The lowest BCUT2D eigenvalue weighted by atomic mass is 10.2. The van der Waals surface area contributed by atoms with E-state index >= 15 is 0 Å². The number of nitrogens with one attached hydrogen (secondary N) is 1. The predicted octanol–water partition coefficient (Wildman–Crippen LogP) is 5.50. The van der Waals surface area contributed by atoms with Gasteiger partial charge in [0.05, 0.1) is 21.3 Å². The smallest absolute Gasteiger partial charge is 0.382 e. The van der Waals surface area contributed by atoms with Crippen molar-refractivity contribution in [2.24, 2.45) is 0 Å². The molecular formula is C12H7BrCl2F3N3. The molecular weight excluding hydrogens is 394 g/mol. The summed E-state index contributed by atoms with van der Waals surface area (Å²) in [4.78, 5) is 3.90. The van der Waals surface area contributed by atoms with E-state index < -0.39 is 11.7 Å². The summed E-state index contributed by atoms with van der Waals surface area (Å²) in [6.45, 7) is 0. The van der Waals surface area contributed by atoms with Crippen molar-refractivity contribution in [3.8, 4) is 0 Å². The van der Waals surface area contributed by atoms with Gasteiger partial charge in [0.15, 0.2) is 5.82 Å². The molecule has 0 bridgehead atoms. The molecule has 0 amide bonds. The fourth-order valence-electron chi connectivity index (χ4n) is 1.49. The summed E-state index contributed by atoms with van der Waals surface area (Å²) in [5.74, 6) is 0.130. The van der Waals surface area contributed by atoms with Crippen LogP contribution >= 0.6 is 39.1 Å². The van der Waals surface area contributed by atoms with Crippen LogP contribution in [0.4, 0.5) is 30.5 Å². The Bertz CT molecular complexity index is 692. The van der Waals surface area contributed by atoms with Crippen molar-refractivity contribution in [2.75, 3.05) is 11.1 Å². The molecule has 1 heterocycles. The van der Waals surface area contributed by atoms with Gasteiger partial charge in [-0.25, -0.2) is 4.98 Å². The highest BCUT2D eigenvalue weighted by atomic mass is 79.9. The quantitative estimate of drug-likeness (QED) is 0.700. The van der Waals surface area contributed by atoms with Gasteiger partial charge in [0, 0.05) is 4.47 Å². The molecule has 21 heavy (non-hydrogen) atoms. The van der Waals surface area contributed by atoms with Gasteiger partial charge in [0.2, 0.25) is 0 Å². The second-order valence-corrected chi connectivity index (χ2v) is 5.67. The maximum absolute atomic E-state index is 12.7. The Labute approximate surface area is 136 Å². The Morgan fingerprint density at radius 3 is 2.43 bits per heavy atom. The van der Waals surface area contributed by atoms with Crippen molar-refractivity contribution >= 4 is 56.5 Å². The van der Waals surface area contributed by atoms with Crippen LogP contribution in [0.1, 0.15) is 5.56 Å². The van der Waals surface area contributed by atoms with Gasteiger partial charge in [0.1, 0.15) is 5.82 Å². The standard InChI is InChI=1S/C12H7BrCl2F3N3/c13-6-2-1-5(12(16,17)18)3-9(6)20-11-8(15)4-7(14)10(19)21-11/h1-4H,(H3,19,20,21). The predicted molar refractivity (Wildman–Crippen MR) is 81.1 cm³/mol. The number of hydrogen-bond donors (Lipinski definition) is 2. The van der Waals surface area contributed by atoms with Gasteiger partial charge in [-0.15, -0.1) is 0 Å². The first-order chi connectivity index (χ1) is 9.68. The highest BCUT2D eigenvalue weighted by molar-refractivity contribution is 9.10. The number of nitrogen functional groups attached to an aromatic ring is 1. The van der Waals surface area contributed by atoms with Crippen LogP contribution in [0.15, 0.2) is 28.7 Å². The van der Waals surface area contributed by atoms with E-state index in [2.05, 4.69) is 26.2 Å². The summed E-state index contributed by atoms with van der Waals surface area (Å²) in [5, 5.41) is 2.99. The largest absolute Gasteiger partial charge is 0.416 e. The van der Waals surface area contributed by atoms with E-state index in [-0.39, 0.29) is 27.4 Å². The summed E-state index contributed by atoms with van der Waals surface area (Å²) < 4.78 is 38.6. The van der Waals surface area contributed by atoms with Crippen molar-refractivity contribution in [3.63, 3.8) is 0 Å². The highest BCUT2D eigenvalue weighted by Gasteiger charge is 2.31. The molecule has 0 unspecified atom stereocenters. The third-order valence-electron chi connectivity index (χ3n) is 2.50. The second-order valence-electron chi connectivity index (χ2n) is 4.00. The van der Waals surface area contributed by atoms with Gasteiger partial charge < -0.3 is 11.1 Å². The van der Waals surface area contributed by atoms with Gasteiger partial charge in [-0.2, -0.15) is 13.2 Å². The Hall–Kier alpha value is -1.18. The zero-order valence-corrected chi connectivity index (χ0v) is 13.2. The molecule has 2 rings (SSSR count). The zero-order valence-electron chi connectivity index (χ0n) is 10.1. The highest BCUT2D eigenvalue weighted by Crippen LogP contribution is 2.36. The van der Waals surface area contributed by atoms with Crippen molar-refractivity contribution in [2.45, 2.75) is 6.18 Å². The number of rotatable bonds is 2. The lowest BCUT2D eigenvalue weighted by Crippen LogP contribution is -2.06. The lowest BCUT2D eigenvalue weighted by Gasteiger charge is -2.13. The number of alkyl halides is 3. The summed E-state index contributed by atoms with van der Waals surface area (Å²) >= 11 is 14.8. The minimum atomic E-state index is -4.45. The first-order valence-electron chi connectivity index (χ1n) is 5.44. The molecule has 2 aromatic rings. The molecule has 0 fully saturated rings. The summed E-state index contributed by atoms with van der Waals surface area (Å²) in [7, 11) is 0. The van der Waals surface area contributed by atoms with Gasteiger partial charge in [-0.1, -0.05) is 23.2 Å². The van der Waals surface area contributed by atoms with E-state index in [9.17, 15) is 13.2 Å². The zero-order chi connectivity index (χ0) is 15.8. The number of nitrogens with zero attached hydrogens (tertiary/aromatic N) is 1. The van der Waals surface area contributed by atoms with E-state index in [0.717, 1.165) is 12.1 Å². The number of nitrogens with two attached hydrogens (primary N) is 1. The summed E-state index contributed by atoms with van der Waals surface area (Å²) in [6, 6.07) is 4.53. The fourth-order valence-corrected chi connectivity index (χ4v) is 2.25. The van der Waals surface area contributed by atoms with E-state index in [4.69, 9.17) is 28.9 Å². The number of aromatic nitrogens is 1. The number of anilines is 3. The van der Waals surface area contributed by atoms with Crippen LogP contribution in [0.5, 0.6) is 0 Å². The molecule has 0 aliphatic heterocycles. The minimum absolute atomic E-state index is 0.0201. The first-order valence-corrected chi connectivity index (χ1v) is 6.98. The number of hydrogen-bond acceptors (Lipinski definition) is 3. The SMILES string of the molecule is Nc1nc(Nc2cc(C(F)(F)F)ccc2Br)c(Cl)cc1Cl. The normalized spacial score (nSPS) is 11.5. The molecule has 0 spiro atoms. The molecule has 0 saturated carbocycles. The van der Waals surface area contributed by atoms with Crippen LogP contribution in [-0.2, 0) is 6.18 Å². The molecule has 9 heteroatoms. The molecule has 3 nitrogen and oxygen atoms in total. The van der Waals surface area contributed by atoms with E-state index in [0.29, 0.717) is 4.47 Å². The molecule has 112 valence electrons. The van der Waals surface area contributed by atoms with E-state index in [1.54, 1.807) is 0 Å². The van der Waals surface area contributed by atoms with E-state index in [1.165, 1.54) is 12.1 Å². The van der Waals surface area contributed by atoms with Crippen LogP contribution in [0, 0.1) is 0 Å². The Balaban J connectivity index is 2.42. The maximum Gasteiger partial charge on any atom is 0.416 e. The van der Waals surface area contributed by atoms with Crippen molar-refractivity contribution in [1.82, 2.24) is 4.98 Å². The van der Waals surface area contributed by atoms with E-state index in [1.807, 2.05) is 0 Å². The molecule has 1 aromatic carbocycles. The van der Waals surface area contributed by atoms with Gasteiger partial charge in [-0.3, -0.25) is 0 Å². The number of halogens is 6. The Morgan fingerprint density at radius 2 is 1.81 bits per heavy atom. The van der Waals surface area contributed by atoms with Crippen LogP contribution in [0.3, 0.4) is 0 Å². The second kappa shape index (κ2) is 5.90. The first kappa shape index (κ1) is 16.2. The monoisotopic (exact) mass is 399 g/mol. The average molecular weight is 401 g/mol. The third-order valence-corrected chi connectivity index (χ3v) is 3.79. The lowest BCUT2D eigenvalue weighted by molar-refractivity contribution is -0.137. The number of benzene rings is 1. The van der Waals surface area contributed by atoms with Crippen LogP contribution in [-0.4, -0.2) is 4.98 Å². The maximum atomic E-state index is 12.7. The van der Waals surface area contributed by atoms with Gasteiger partial charge >= 0.3 is 6.18 Å². The molecule has 0 radical (unpaired) electrons. The van der Waals surface area contributed by atoms with Crippen molar-refractivity contribution < 1.29 is 13.2 Å². The van der Waals surface area contributed by atoms with Crippen LogP contribution in [0.25, 0.3) is 0 Å². The third kappa shape index (κ3) is 3.72. The molecule has 3 N–H and O–H groups in total. The topological polar surface area (TPSA) is 50.9 Å². The van der Waals surface area contributed by atoms with Crippen LogP contribution in [0.2, 0.25) is 10.0 Å². The minimum Gasteiger partial charge on any atom is -0.382 e. The molecule has 0 aliphatic carbocycles.